The molecule has 0 bridgehead atoms. The molecule has 3 rings (SSSR count). The molecule has 0 radical (unpaired) electrons. The van der Waals surface area contributed by atoms with E-state index < -0.39 is 7.05 Å². The first-order valence-corrected chi connectivity index (χ1v) is 10.9. The lowest BCUT2D eigenvalue weighted by Gasteiger charge is -2.28. The Morgan fingerprint density at radius 3 is 1.56 bits per heavy atom. The summed E-state index contributed by atoms with van der Waals surface area (Å²) >= 11 is 0. The molecule has 3 aromatic rings. The van der Waals surface area contributed by atoms with Crippen LogP contribution in [0.2, 0.25) is 0 Å². The minimum atomic E-state index is -2.22. The highest BCUT2D eigenvalue weighted by Crippen LogP contribution is 2.47. The Labute approximate surface area is 162 Å². The van der Waals surface area contributed by atoms with Crippen LogP contribution >= 0.6 is 7.05 Å². The standard InChI is InChI=1S/C25H24NP/c1-3-5-15-22(4-2)26-27(23-16-9-6-10-17-23,24-18-11-7-12-19-24)25-20-13-8-14-21-25/h2-3,6-14,16-22H,1,5,15H2. The van der Waals surface area contributed by atoms with Gasteiger partial charge in [-0.15, -0.1) is 13.0 Å². The summed E-state index contributed by atoms with van der Waals surface area (Å²) in [7, 11) is -2.22. The van der Waals surface area contributed by atoms with Crippen molar-refractivity contribution in [2.75, 3.05) is 0 Å². The molecule has 0 aliphatic carbocycles. The highest BCUT2D eigenvalue weighted by molar-refractivity contribution is 7.87. The van der Waals surface area contributed by atoms with Crippen molar-refractivity contribution >= 4 is 23.0 Å². The molecule has 2 heteroatoms. The molecule has 0 aliphatic rings. The van der Waals surface area contributed by atoms with E-state index in [9.17, 15) is 0 Å². The Kier molecular flexibility index (Phi) is 6.48. The second kappa shape index (κ2) is 9.22. The van der Waals surface area contributed by atoms with Crippen molar-refractivity contribution in [2.24, 2.45) is 4.74 Å². The third-order valence-electron chi connectivity index (χ3n) is 4.54. The van der Waals surface area contributed by atoms with Crippen LogP contribution in [0.5, 0.6) is 0 Å². The van der Waals surface area contributed by atoms with Gasteiger partial charge in [0, 0.05) is 15.9 Å². The van der Waals surface area contributed by atoms with Gasteiger partial charge in [0.15, 0.2) is 0 Å². The largest absolute Gasteiger partial charge is 0.273 e. The van der Waals surface area contributed by atoms with Crippen molar-refractivity contribution in [3.8, 4) is 12.3 Å². The van der Waals surface area contributed by atoms with Gasteiger partial charge in [-0.2, -0.15) is 0 Å². The van der Waals surface area contributed by atoms with E-state index in [1.165, 1.54) is 15.9 Å². The number of hydrogen-bond donors (Lipinski definition) is 0. The van der Waals surface area contributed by atoms with Crippen molar-refractivity contribution in [2.45, 2.75) is 18.9 Å². The molecule has 27 heavy (non-hydrogen) atoms. The molecule has 1 atom stereocenters. The van der Waals surface area contributed by atoms with Crippen LogP contribution in [0.25, 0.3) is 0 Å². The minimum absolute atomic E-state index is 0.156. The van der Waals surface area contributed by atoms with Gasteiger partial charge >= 0.3 is 0 Å². The fraction of sp³-hybridized carbons (Fsp3) is 0.120. The lowest BCUT2D eigenvalue weighted by atomic mass is 10.2. The van der Waals surface area contributed by atoms with E-state index in [1.807, 2.05) is 24.3 Å². The van der Waals surface area contributed by atoms with Crippen LogP contribution in [0.1, 0.15) is 12.8 Å². The maximum atomic E-state index is 5.89. The molecule has 0 fully saturated rings. The molecule has 0 N–H and O–H groups in total. The minimum Gasteiger partial charge on any atom is -0.273 e. The van der Waals surface area contributed by atoms with Crippen LogP contribution in [-0.2, 0) is 0 Å². The second-order valence-electron chi connectivity index (χ2n) is 6.31. The number of allylic oxidation sites excluding steroid dienone is 1. The smallest absolute Gasteiger partial charge is 0.110 e. The predicted octanol–water partition coefficient (Wildman–Crippen LogP) is 5.13. The molecule has 1 nitrogen and oxygen atoms in total. The summed E-state index contributed by atoms with van der Waals surface area (Å²) in [6, 6.07) is 31.6. The number of benzene rings is 3. The lowest BCUT2D eigenvalue weighted by Crippen LogP contribution is -2.26. The fourth-order valence-corrected chi connectivity index (χ4v) is 6.94. The molecule has 0 aliphatic heterocycles. The van der Waals surface area contributed by atoms with E-state index in [0.29, 0.717) is 0 Å². The summed E-state index contributed by atoms with van der Waals surface area (Å²) in [5.74, 6) is 2.91. The molecule has 0 saturated heterocycles. The zero-order chi connectivity index (χ0) is 19.0. The molecule has 0 saturated carbocycles. The van der Waals surface area contributed by atoms with E-state index in [4.69, 9.17) is 11.2 Å². The van der Waals surface area contributed by atoms with Gasteiger partial charge in [0.2, 0.25) is 0 Å². The Balaban J connectivity index is 2.36. The number of hydrogen-bond acceptors (Lipinski definition) is 1. The monoisotopic (exact) mass is 369 g/mol. The number of terminal acetylenes is 1. The Bertz CT molecular complexity index is 850. The Morgan fingerprint density at radius 1 is 0.815 bits per heavy atom. The van der Waals surface area contributed by atoms with E-state index >= 15 is 0 Å². The first-order valence-electron chi connectivity index (χ1n) is 9.16. The van der Waals surface area contributed by atoms with Gasteiger partial charge in [-0.3, -0.25) is 4.74 Å². The van der Waals surface area contributed by atoms with Crippen LogP contribution < -0.4 is 15.9 Å². The second-order valence-corrected chi connectivity index (χ2v) is 9.36. The van der Waals surface area contributed by atoms with Crippen LogP contribution in [0, 0.1) is 12.3 Å². The van der Waals surface area contributed by atoms with Gasteiger partial charge in [0.1, 0.15) is 6.04 Å². The maximum absolute atomic E-state index is 5.89. The van der Waals surface area contributed by atoms with Crippen LogP contribution in [0.4, 0.5) is 0 Å². The quantitative estimate of drug-likeness (QED) is 0.311. The summed E-state index contributed by atoms with van der Waals surface area (Å²) in [6.07, 6.45) is 9.48. The third-order valence-corrected chi connectivity index (χ3v) is 8.30. The van der Waals surface area contributed by atoms with Crippen molar-refractivity contribution in [3.05, 3.63) is 104 Å². The zero-order valence-electron chi connectivity index (χ0n) is 15.4. The van der Waals surface area contributed by atoms with E-state index in [1.54, 1.807) is 0 Å². The van der Waals surface area contributed by atoms with Crippen molar-refractivity contribution in [1.29, 1.82) is 0 Å². The fourth-order valence-electron chi connectivity index (χ4n) is 3.24. The summed E-state index contributed by atoms with van der Waals surface area (Å²) < 4.78 is 5.40. The van der Waals surface area contributed by atoms with Crippen LogP contribution in [-0.4, -0.2) is 6.04 Å². The van der Waals surface area contributed by atoms with Gasteiger partial charge in [-0.1, -0.05) is 103 Å². The summed E-state index contributed by atoms with van der Waals surface area (Å²) in [5.41, 5.74) is 0. The van der Waals surface area contributed by atoms with Crippen molar-refractivity contribution in [3.63, 3.8) is 0 Å². The molecule has 0 amide bonds. The van der Waals surface area contributed by atoms with Gasteiger partial charge in [0.25, 0.3) is 0 Å². The average molecular weight is 369 g/mol. The van der Waals surface area contributed by atoms with E-state index in [2.05, 4.69) is 85.3 Å². The maximum Gasteiger partial charge on any atom is 0.110 e. The summed E-state index contributed by atoms with van der Waals surface area (Å²) in [5, 5.41) is 3.67. The Morgan fingerprint density at radius 2 is 1.22 bits per heavy atom. The molecule has 1 unspecified atom stereocenters. The van der Waals surface area contributed by atoms with Gasteiger partial charge < -0.3 is 0 Å². The normalized spacial score (nSPS) is 12.0. The number of nitrogens with zero attached hydrogens (tertiary/aromatic N) is 1. The van der Waals surface area contributed by atoms with E-state index in [-0.39, 0.29) is 6.04 Å². The first kappa shape index (κ1) is 19.0. The third kappa shape index (κ3) is 4.13. The van der Waals surface area contributed by atoms with Gasteiger partial charge in [-0.05, 0) is 12.8 Å². The molecule has 0 heterocycles. The first-order chi connectivity index (χ1) is 13.3. The number of rotatable bonds is 7. The highest BCUT2D eigenvalue weighted by atomic mass is 31.2. The summed E-state index contributed by atoms with van der Waals surface area (Å²) in [6.45, 7) is 3.84. The van der Waals surface area contributed by atoms with Crippen molar-refractivity contribution < 1.29 is 0 Å². The molecule has 0 aromatic heterocycles. The average Bonchev–Trinajstić information content (AvgIpc) is 2.76. The highest BCUT2D eigenvalue weighted by Gasteiger charge is 2.28. The lowest BCUT2D eigenvalue weighted by molar-refractivity contribution is 0.763. The predicted molar refractivity (Wildman–Crippen MR) is 120 cm³/mol. The zero-order valence-corrected chi connectivity index (χ0v) is 16.3. The molecule has 134 valence electrons. The van der Waals surface area contributed by atoms with Crippen molar-refractivity contribution in [1.82, 2.24) is 0 Å². The van der Waals surface area contributed by atoms with E-state index in [0.717, 1.165) is 12.8 Å². The van der Waals surface area contributed by atoms with Gasteiger partial charge in [0.05, 0.1) is 7.05 Å². The van der Waals surface area contributed by atoms with Gasteiger partial charge in [-0.25, -0.2) is 0 Å². The summed E-state index contributed by atoms with van der Waals surface area (Å²) in [4.78, 5) is 0. The molecular weight excluding hydrogens is 345 g/mol. The topological polar surface area (TPSA) is 12.4 Å². The van der Waals surface area contributed by atoms with Crippen LogP contribution in [0.3, 0.4) is 0 Å². The molecule has 3 aromatic carbocycles. The molecule has 0 spiro atoms. The SMILES string of the molecule is C#CC(CCC=C)N=P(c1ccccc1)(c1ccccc1)c1ccccc1. The molecular formula is C25H24NP. The Hall–Kier alpha value is -2.81. The van der Waals surface area contributed by atoms with Crippen LogP contribution in [0.15, 0.2) is 108 Å².